The molecule has 2 bridgehead atoms. The summed E-state index contributed by atoms with van der Waals surface area (Å²) in [5.74, 6) is 2.76. The fourth-order valence-electron chi connectivity index (χ4n) is 13.0. The summed E-state index contributed by atoms with van der Waals surface area (Å²) in [5, 5.41) is 6.56. The molecule has 3 unspecified atom stereocenters. The summed E-state index contributed by atoms with van der Waals surface area (Å²) in [7, 11) is 2.14. The Kier molecular flexibility index (Phi) is 21.9. The lowest BCUT2D eigenvalue weighted by atomic mass is 9.83. The van der Waals surface area contributed by atoms with Gasteiger partial charge in [-0.1, -0.05) is 104 Å². The number of nitrogens with one attached hydrogen (secondary N) is 3. The Bertz CT molecular complexity index is 3100. The van der Waals surface area contributed by atoms with Crippen molar-refractivity contribution < 1.29 is 34.7 Å². The van der Waals surface area contributed by atoms with Gasteiger partial charge in [-0.3, -0.25) is 0 Å². The van der Waals surface area contributed by atoms with Crippen LogP contribution in [0.25, 0.3) is 27.5 Å². The topological polar surface area (TPSA) is 40.2 Å². The van der Waals surface area contributed by atoms with Gasteiger partial charge >= 0.3 is 0 Å². The number of halogens is 2. The molecule has 6 aromatic carbocycles. The summed E-state index contributed by atoms with van der Waals surface area (Å²) in [6.45, 7) is 27.1. The molecule has 10 rings (SSSR count). The maximum Gasteiger partial charge on any atom is 0.206 e. The van der Waals surface area contributed by atoms with Crippen LogP contribution in [0.5, 0.6) is 0 Å². The lowest BCUT2D eigenvalue weighted by Crippen LogP contribution is -3.14. The smallest absolute Gasteiger partial charge is 0.206 e. The van der Waals surface area contributed by atoms with Crippen molar-refractivity contribution in [2.75, 3.05) is 86.0 Å². The number of rotatable bonds is 19. The minimum Gasteiger partial charge on any atom is -1.00 e. The van der Waals surface area contributed by atoms with Crippen LogP contribution in [0.4, 0.5) is 22.7 Å². The van der Waals surface area contributed by atoms with Crippen molar-refractivity contribution in [3.8, 4) is 0 Å². The van der Waals surface area contributed by atoms with E-state index in [9.17, 15) is 0 Å². The maximum atomic E-state index is 3.91. The Hall–Kier alpha value is -6.31. The highest BCUT2D eigenvalue weighted by molar-refractivity contribution is 6.17. The molecule has 4 aliphatic carbocycles. The highest BCUT2D eigenvalue weighted by Gasteiger charge is 2.39. The van der Waals surface area contributed by atoms with E-state index in [1.807, 2.05) is 0 Å². The summed E-state index contributed by atoms with van der Waals surface area (Å²) < 4.78 is 0. The van der Waals surface area contributed by atoms with Crippen molar-refractivity contribution in [3.05, 3.63) is 209 Å². The molecule has 3 atom stereocenters. The van der Waals surface area contributed by atoms with Crippen LogP contribution >= 0.6 is 0 Å². The Morgan fingerprint density at radius 3 is 1.61 bits per heavy atom. The normalized spacial score (nSPS) is 18.9. The van der Waals surface area contributed by atoms with E-state index in [1.165, 1.54) is 121 Å². The molecule has 0 spiro atoms. The zero-order chi connectivity index (χ0) is 53.8. The first-order valence-electron chi connectivity index (χ1n) is 29.6. The van der Waals surface area contributed by atoms with Gasteiger partial charge in [0.05, 0.1) is 18.7 Å². The summed E-state index contributed by atoms with van der Waals surface area (Å²) in [4.78, 5) is 12.2. The van der Waals surface area contributed by atoms with E-state index in [-0.39, 0.29) is 24.8 Å². The second-order valence-electron chi connectivity index (χ2n) is 21.6. The molecule has 0 amide bonds. The molecule has 4 aliphatic rings. The van der Waals surface area contributed by atoms with E-state index >= 15 is 0 Å². The third-order valence-electron chi connectivity index (χ3n) is 17.5. The fraction of sp³-hybridized carbons (Fsp3) is 0.366. The minimum atomic E-state index is 0. The van der Waals surface area contributed by atoms with Crippen molar-refractivity contribution >= 4 is 56.0 Å². The second kappa shape index (κ2) is 28.7. The number of nitrogens with zero attached hydrogens (tertiary/aromatic N) is 3. The van der Waals surface area contributed by atoms with Gasteiger partial charge in [-0.2, -0.15) is 0 Å². The number of fused-ring (bicyclic) bond motifs is 4. The SMILES string of the molecule is CCN(CC)c1ccc(C(=C2C=CC([NH+](CC)CC)C=C2)c2ccc(NCC3CC4CCC3C4)c3ccccc23)cc1.CC[NH+]=C1C=CC(=C(c2ccc(N(C)CC)cc2)c2ccc(N(CC)CC)cc2)c2ccccc21.[Cl-].[Cl-]. The standard InChI is InChI=1S/C39H49N3.C32H37N3.2ClH/c1-5-41(6-2)33-19-15-29(16-20-33)39(30-17-21-34(22-18-30)42(7-3)8-4)37-23-24-38(36-12-10-9-11-35(36)37)40-27-32-26-28-13-14-31(32)25-28;1-6-33-31-23-22-30(28-12-10-11-13-29(28)31)32(24-14-18-26(19-15-24)34(5)7-2)25-16-20-27(21-17-25)35(8-3)9-4;;/h9-12,15-24,28,31-33,40H,5-8,13-14,25-27H2,1-4H3;10-23H,6-9H2,1-5H3;2*1H. The average molecular weight is 1100 g/mol. The molecular weight excluding hydrogens is 1010 g/mol. The van der Waals surface area contributed by atoms with Crippen LogP contribution in [0.2, 0.25) is 0 Å². The lowest BCUT2D eigenvalue weighted by Gasteiger charge is -2.25. The summed E-state index contributed by atoms with van der Waals surface area (Å²) in [5.41, 5.74) is 19.0. The zero-order valence-corrected chi connectivity index (χ0v) is 50.3. The van der Waals surface area contributed by atoms with Crippen molar-refractivity contribution in [3.63, 3.8) is 0 Å². The number of anilines is 4. The number of quaternary nitrogens is 1. The predicted octanol–water partition coefficient (Wildman–Crippen LogP) is 7.17. The molecule has 0 aliphatic heterocycles. The second-order valence-corrected chi connectivity index (χ2v) is 21.6. The van der Waals surface area contributed by atoms with Gasteiger partial charge in [0.2, 0.25) is 5.71 Å². The molecule has 6 nitrogen and oxygen atoms in total. The molecule has 0 radical (unpaired) electrons. The molecule has 0 saturated heterocycles. The van der Waals surface area contributed by atoms with E-state index in [4.69, 9.17) is 0 Å². The van der Waals surface area contributed by atoms with Crippen LogP contribution in [0.15, 0.2) is 175 Å². The first kappa shape index (κ1) is 60.3. The highest BCUT2D eigenvalue weighted by atomic mass is 35.5. The summed E-state index contributed by atoms with van der Waals surface area (Å²) in [6.07, 6.45) is 19.9. The molecule has 8 heteroatoms. The van der Waals surface area contributed by atoms with E-state index in [1.54, 1.807) is 4.90 Å². The van der Waals surface area contributed by atoms with Gasteiger partial charge in [0.25, 0.3) is 0 Å². The zero-order valence-electron chi connectivity index (χ0n) is 48.8. The van der Waals surface area contributed by atoms with E-state index in [0.29, 0.717) is 6.04 Å². The molecule has 6 aromatic rings. The van der Waals surface area contributed by atoms with Gasteiger partial charge in [-0.05, 0) is 215 Å². The first-order valence-corrected chi connectivity index (χ1v) is 29.6. The number of allylic oxidation sites excluding steroid dienone is 6. The Labute approximate surface area is 487 Å². The molecule has 3 N–H and O–H groups in total. The van der Waals surface area contributed by atoms with Crippen molar-refractivity contribution in [1.29, 1.82) is 0 Å². The monoisotopic (exact) mass is 1090 g/mol. The molecule has 2 saturated carbocycles. The minimum absolute atomic E-state index is 0. The van der Waals surface area contributed by atoms with Gasteiger partial charge in [-0.15, -0.1) is 0 Å². The van der Waals surface area contributed by atoms with Crippen LogP contribution in [-0.2, 0) is 0 Å². The lowest BCUT2D eigenvalue weighted by molar-refractivity contribution is -0.908. The van der Waals surface area contributed by atoms with E-state index < -0.39 is 0 Å². The van der Waals surface area contributed by atoms with Gasteiger partial charge in [0, 0.05) is 80.5 Å². The van der Waals surface area contributed by atoms with Crippen LogP contribution in [0.1, 0.15) is 114 Å². The Morgan fingerprint density at radius 1 is 0.544 bits per heavy atom. The summed E-state index contributed by atoms with van der Waals surface area (Å²) in [6, 6.07) is 50.2. The van der Waals surface area contributed by atoms with Gasteiger partial charge in [0.15, 0.2) is 0 Å². The van der Waals surface area contributed by atoms with Crippen molar-refractivity contribution in [2.24, 2.45) is 17.8 Å². The molecule has 416 valence electrons. The molecule has 0 aromatic heterocycles. The molecule has 0 heterocycles. The third-order valence-corrected chi connectivity index (χ3v) is 17.5. The van der Waals surface area contributed by atoms with Crippen LogP contribution in [0.3, 0.4) is 0 Å². The Balaban J connectivity index is 0.000000227. The van der Waals surface area contributed by atoms with Gasteiger partial charge < -0.3 is 49.7 Å². The number of likely N-dealkylation sites (N-methyl/N-ethyl adjacent to an activating group) is 1. The maximum absolute atomic E-state index is 3.91. The van der Waals surface area contributed by atoms with Gasteiger partial charge in [-0.25, -0.2) is 4.99 Å². The van der Waals surface area contributed by atoms with Crippen LogP contribution in [-0.4, -0.2) is 77.7 Å². The number of benzene rings is 6. The predicted molar refractivity (Wildman–Crippen MR) is 334 cm³/mol. The molecular formula is C71H88Cl2N6. The molecule has 2 fully saturated rings. The van der Waals surface area contributed by atoms with E-state index in [2.05, 4.69) is 257 Å². The van der Waals surface area contributed by atoms with Crippen molar-refractivity contribution in [1.82, 2.24) is 0 Å². The number of hydrogen-bond acceptors (Lipinski definition) is 4. The third kappa shape index (κ3) is 13.5. The average Bonchev–Trinajstić information content (AvgIpc) is 4.18. The largest absolute Gasteiger partial charge is 1.00 e. The van der Waals surface area contributed by atoms with E-state index in [0.717, 1.165) is 76.7 Å². The van der Waals surface area contributed by atoms with Gasteiger partial charge in [0.1, 0.15) is 12.6 Å². The molecule has 79 heavy (non-hydrogen) atoms. The Morgan fingerprint density at radius 2 is 1.09 bits per heavy atom. The van der Waals surface area contributed by atoms with Crippen LogP contribution in [0, 0.1) is 17.8 Å². The highest BCUT2D eigenvalue weighted by Crippen LogP contribution is 2.48. The van der Waals surface area contributed by atoms with Crippen LogP contribution < -0.4 is 54.7 Å². The quantitative estimate of drug-likeness (QED) is 0.0806. The number of hydrogen-bond donors (Lipinski definition) is 3. The first-order chi connectivity index (χ1) is 37.7. The van der Waals surface area contributed by atoms with Crippen molar-refractivity contribution in [2.45, 2.75) is 87.1 Å². The fourth-order valence-corrected chi connectivity index (χ4v) is 13.0. The summed E-state index contributed by atoms with van der Waals surface area (Å²) >= 11 is 0.